The molecule has 0 fully saturated rings. The van der Waals surface area contributed by atoms with Gasteiger partial charge in [0.05, 0.1) is 5.41 Å². The quantitative estimate of drug-likeness (QED) is 0.787. The monoisotopic (exact) mass is 242 g/mol. The molecule has 5 nitrogen and oxygen atoms in total. The number of ether oxygens (including phenoxy) is 1. The normalized spacial score (nSPS) is 17.8. The summed E-state index contributed by atoms with van der Waals surface area (Å²) in [5.41, 5.74) is 5.22. The van der Waals surface area contributed by atoms with Crippen LogP contribution in [0.25, 0.3) is 0 Å². The number of sulfone groups is 1. The Morgan fingerprint density at radius 1 is 1.38 bits per heavy atom. The minimum absolute atomic E-state index is 0.0467. The van der Waals surface area contributed by atoms with Crippen LogP contribution in [0.3, 0.4) is 0 Å². The van der Waals surface area contributed by atoms with Gasteiger partial charge in [-0.2, -0.15) is 4.99 Å². The number of hydrogen-bond donors (Lipinski definition) is 1. The highest BCUT2D eigenvalue weighted by molar-refractivity contribution is 8.08. The van der Waals surface area contributed by atoms with Crippen molar-refractivity contribution in [2.45, 2.75) is 0 Å². The third kappa shape index (κ3) is 2.03. The first kappa shape index (κ1) is 10.6. The van der Waals surface area contributed by atoms with Crippen LogP contribution in [0, 0.1) is 5.82 Å². The Morgan fingerprint density at radius 3 is 2.69 bits per heavy atom. The van der Waals surface area contributed by atoms with Gasteiger partial charge in [-0.1, -0.05) is 6.07 Å². The van der Waals surface area contributed by atoms with Crippen LogP contribution in [0.2, 0.25) is 0 Å². The minimum Gasteiger partial charge on any atom is -0.430 e. The first-order valence-electron chi connectivity index (χ1n) is 4.22. The van der Waals surface area contributed by atoms with Gasteiger partial charge in [0.15, 0.2) is 0 Å². The molecule has 0 aliphatic carbocycles. The van der Waals surface area contributed by atoms with E-state index in [9.17, 15) is 12.8 Å². The van der Waals surface area contributed by atoms with Crippen molar-refractivity contribution < 1.29 is 17.5 Å². The Labute approximate surface area is 91.0 Å². The van der Waals surface area contributed by atoms with Gasteiger partial charge in [0.25, 0.3) is 9.84 Å². The summed E-state index contributed by atoms with van der Waals surface area (Å²) in [6, 6.07) is 5.07. The van der Waals surface area contributed by atoms with Gasteiger partial charge in [-0.25, -0.2) is 12.8 Å². The van der Waals surface area contributed by atoms with E-state index in [1.807, 2.05) is 0 Å². The van der Waals surface area contributed by atoms with Gasteiger partial charge in [-0.05, 0) is 12.1 Å². The maximum atomic E-state index is 12.8. The fourth-order valence-corrected chi connectivity index (χ4v) is 2.03. The van der Waals surface area contributed by atoms with Gasteiger partial charge in [-0.3, -0.25) is 0 Å². The lowest BCUT2D eigenvalue weighted by Gasteiger charge is -2.03. The number of halogens is 1. The molecule has 0 saturated carbocycles. The molecule has 1 heterocycles. The first-order chi connectivity index (χ1) is 7.47. The van der Waals surface area contributed by atoms with E-state index in [1.54, 1.807) is 0 Å². The molecule has 1 aliphatic heterocycles. The first-order valence-corrected chi connectivity index (χ1v) is 5.76. The van der Waals surface area contributed by atoms with Gasteiger partial charge in [0.1, 0.15) is 17.4 Å². The van der Waals surface area contributed by atoms with E-state index in [4.69, 9.17) is 10.5 Å². The maximum absolute atomic E-state index is 12.8. The molecule has 0 bridgehead atoms. The molecule has 1 aromatic rings. The Morgan fingerprint density at radius 2 is 2.12 bits per heavy atom. The summed E-state index contributed by atoms with van der Waals surface area (Å²) >= 11 is 0. The molecule has 1 aliphatic rings. The molecule has 16 heavy (non-hydrogen) atoms. The van der Waals surface area contributed by atoms with E-state index in [-0.39, 0.29) is 11.6 Å². The number of nitrogens with two attached hydrogens (primary N) is 1. The number of rotatable bonds is 1. The van der Waals surface area contributed by atoms with Crippen LogP contribution >= 0.6 is 0 Å². The van der Waals surface area contributed by atoms with Crippen LogP contribution in [0.5, 0.6) is 5.75 Å². The minimum atomic E-state index is -3.73. The maximum Gasteiger partial charge on any atom is 0.321 e. The molecule has 7 heteroatoms. The molecule has 0 atom stereocenters. The van der Waals surface area contributed by atoms with Gasteiger partial charge in [-0.15, -0.1) is 0 Å². The predicted octanol–water partition coefficient (Wildman–Crippen LogP) is 0.747. The molecule has 0 unspecified atom stereocenters. The van der Waals surface area contributed by atoms with E-state index in [2.05, 4.69) is 4.99 Å². The SMILES string of the molecule is NC1=CS(=O)(=O)C(Oc2cccc(F)c2)=N1. The van der Waals surface area contributed by atoms with Crippen molar-refractivity contribution in [3.8, 4) is 5.75 Å². The van der Waals surface area contributed by atoms with Gasteiger partial charge in [0, 0.05) is 6.07 Å². The third-order valence-corrected chi connectivity index (χ3v) is 2.95. The van der Waals surface area contributed by atoms with Crippen molar-refractivity contribution >= 4 is 15.1 Å². The Hall–Kier alpha value is -1.89. The summed E-state index contributed by atoms with van der Waals surface area (Å²) in [4.78, 5) is 3.49. The zero-order chi connectivity index (χ0) is 11.8. The molecule has 0 amide bonds. The van der Waals surface area contributed by atoms with Crippen molar-refractivity contribution in [1.82, 2.24) is 0 Å². The number of benzene rings is 1. The third-order valence-electron chi connectivity index (χ3n) is 1.74. The molecule has 0 aromatic heterocycles. The average Bonchev–Trinajstić information content (AvgIpc) is 2.39. The van der Waals surface area contributed by atoms with Gasteiger partial charge in [0.2, 0.25) is 0 Å². The second kappa shape index (κ2) is 3.60. The highest BCUT2D eigenvalue weighted by atomic mass is 32.2. The molecular weight excluding hydrogens is 235 g/mol. The smallest absolute Gasteiger partial charge is 0.321 e. The second-order valence-corrected chi connectivity index (χ2v) is 4.70. The average molecular weight is 242 g/mol. The fourth-order valence-electron chi connectivity index (χ4n) is 1.12. The van der Waals surface area contributed by atoms with Crippen molar-refractivity contribution in [2.24, 2.45) is 10.7 Å². The van der Waals surface area contributed by atoms with Crippen LogP contribution in [0.4, 0.5) is 4.39 Å². The van der Waals surface area contributed by atoms with E-state index < -0.39 is 20.9 Å². The van der Waals surface area contributed by atoms with E-state index >= 15 is 0 Å². The van der Waals surface area contributed by atoms with Crippen molar-refractivity contribution in [2.75, 3.05) is 0 Å². The van der Waals surface area contributed by atoms with Crippen molar-refractivity contribution in [3.05, 3.63) is 41.3 Å². The van der Waals surface area contributed by atoms with Gasteiger partial charge >= 0.3 is 5.23 Å². The highest BCUT2D eigenvalue weighted by Gasteiger charge is 2.26. The summed E-state index contributed by atoms with van der Waals surface area (Å²) in [5, 5.41) is 0.234. The number of aliphatic imine (C=N–C) groups is 1. The molecule has 1 aromatic carbocycles. The molecular formula is C9H7FN2O3S. The lowest BCUT2D eigenvalue weighted by atomic mass is 10.3. The van der Waals surface area contributed by atoms with Crippen LogP contribution in [-0.4, -0.2) is 13.6 Å². The van der Waals surface area contributed by atoms with Crippen LogP contribution in [0.1, 0.15) is 0 Å². The van der Waals surface area contributed by atoms with Crippen LogP contribution < -0.4 is 10.5 Å². The van der Waals surface area contributed by atoms with Crippen LogP contribution in [0.15, 0.2) is 40.5 Å². The summed E-state index contributed by atoms with van der Waals surface area (Å²) < 4.78 is 40.4. The summed E-state index contributed by atoms with van der Waals surface area (Å²) in [6.07, 6.45) is 0. The number of hydrogen-bond acceptors (Lipinski definition) is 5. The lowest BCUT2D eigenvalue weighted by molar-refractivity contribution is 0.539. The molecule has 2 N–H and O–H groups in total. The zero-order valence-electron chi connectivity index (χ0n) is 7.92. The van der Waals surface area contributed by atoms with Crippen LogP contribution in [-0.2, 0) is 9.84 Å². The Balaban J connectivity index is 2.28. The molecule has 84 valence electrons. The summed E-state index contributed by atoms with van der Waals surface area (Å²) in [6.45, 7) is 0. The van der Waals surface area contributed by atoms with Crippen molar-refractivity contribution in [1.29, 1.82) is 0 Å². The van der Waals surface area contributed by atoms with Crippen molar-refractivity contribution in [3.63, 3.8) is 0 Å². The summed E-state index contributed by atoms with van der Waals surface area (Å²) in [7, 11) is -3.73. The molecule has 0 spiro atoms. The number of nitrogens with zero attached hydrogens (tertiary/aromatic N) is 1. The highest BCUT2D eigenvalue weighted by Crippen LogP contribution is 2.17. The standard InChI is InChI=1S/C9H7FN2O3S/c10-6-2-1-3-7(4-6)15-9-12-8(11)5-16(9,13)14/h1-5H,11H2. The molecule has 0 radical (unpaired) electrons. The Kier molecular flexibility index (Phi) is 2.39. The summed E-state index contributed by atoms with van der Waals surface area (Å²) in [5.74, 6) is -0.647. The predicted molar refractivity (Wildman–Crippen MR) is 55.7 cm³/mol. The fraction of sp³-hybridized carbons (Fsp3) is 0. The Bertz CT molecular complexity index is 593. The topological polar surface area (TPSA) is 81.8 Å². The van der Waals surface area contributed by atoms with Gasteiger partial charge < -0.3 is 10.5 Å². The molecule has 0 saturated heterocycles. The van der Waals surface area contributed by atoms with E-state index in [0.29, 0.717) is 0 Å². The molecule has 2 rings (SSSR count). The largest absolute Gasteiger partial charge is 0.430 e. The second-order valence-electron chi connectivity index (χ2n) is 3.02. The lowest BCUT2D eigenvalue weighted by Crippen LogP contribution is -2.16. The zero-order valence-corrected chi connectivity index (χ0v) is 8.74. The van der Waals surface area contributed by atoms with E-state index in [0.717, 1.165) is 11.5 Å². The van der Waals surface area contributed by atoms with E-state index in [1.165, 1.54) is 18.2 Å².